The van der Waals surface area contributed by atoms with Crippen molar-refractivity contribution in [3.05, 3.63) is 264 Å². The van der Waals surface area contributed by atoms with Gasteiger partial charge in [0.2, 0.25) is 0 Å². The van der Waals surface area contributed by atoms with Crippen LogP contribution in [0.2, 0.25) is 0 Å². The van der Waals surface area contributed by atoms with E-state index in [0.29, 0.717) is 11.8 Å². The van der Waals surface area contributed by atoms with E-state index in [1.165, 1.54) is 127 Å². The molecule has 0 amide bonds. The molecule has 1 aromatic heterocycles. The first kappa shape index (κ1) is 63.2. The van der Waals surface area contributed by atoms with Gasteiger partial charge in [-0.15, -0.1) is 0 Å². The second kappa shape index (κ2) is 33.1. The highest BCUT2D eigenvalue weighted by Crippen LogP contribution is 2.40. The Hall–Kier alpha value is -7.36. The first-order valence-corrected chi connectivity index (χ1v) is 31.8. The zero-order chi connectivity index (χ0) is 58.8. The van der Waals surface area contributed by atoms with E-state index in [2.05, 4.69) is 282 Å². The third kappa shape index (κ3) is 18.1. The first-order chi connectivity index (χ1) is 40.6. The van der Waals surface area contributed by atoms with Crippen LogP contribution in [0.25, 0.3) is 21.8 Å². The van der Waals surface area contributed by atoms with Crippen molar-refractivity contribution in [3.8, 4) is 0 Å². The van der Waals surface area contributed by atoms with E-state index in [1.807, 2.05) is 19.9 Å². The van der Waals surface area contributed by atoms with E-state index < -0.39 is 0 Å². The average molecular weight is 1100 g/mol. The Labute approximate surface area is 502 Å². The summed E-state index contributed by atoms with van der Waals surface area (Å²) in [6, 6.07) is 66.1. The van der Waals surface area contributed by atoms with Crippen LogP contribution in [0.15, 0.2) is 236 Å². The zero-order valence-electron chi connectivity index (χ0n) is 52.3. The topological polar surface area (TPSA) is 11.4 Å². The van der Waals surface area contributed by atoms with E-state index in [-0.39, 0.29) is 5.41 Å². The molecule has 0 aliphatic rings. The summed E-state index contributed by atoms with van der Waals surface area (Å²) in [6.07, 6.45) is 32.8. The molecule has 0 radical (unpaired) electrons. The monoisotopic (exact) mass is 1100 g/mol. The van der Waals surface area contributed by atoms with Gasteiger partial charge in [-0.05, 0) is 215 Å². The Balaban J connectivity index is 0.00000490. The van der Waals surface area contributed by atoms with Crippen LogP contribution in [0, 0.1) is 5.41 Å². The quantitative estimate of drug-likeness (QED) is 0.0328. The van der Waals surface area contributed by atoms with Gasteiger partial charge in [-0.2, -0.15) is 0 Å². The molecule has 83 heavy (non-hydrogen) atoms. The summed E-state index contributed by atoms with van der Waals surface area (Å²) >= 11 is 0. The summed E-state index contributed by atoms with van der Waals surface area (Å²) in [4.78, 5) is 4.62. The van der Waals surface area contributed by atoms with Gasteiger partial charge in [-0.25, -0.2) is 0 Å². The van der Waals surface area contributed by atoms with Crippen LogP contribution >= 0.6 is 0 Å². The number of fused-ring (bicyclic) bond motifs is 3. The fraction of sp³-hybridized carbons (Fsp3) is 0.350. The number of para-hydroxylation sites is 3. The van der Waals surface area contributed by atoms with Crippen molar-refractivity contribution in [1.82, 2.24) is 4.57 Å². The van der Waals surface area contributed by atoms with Crippen LogP contribution in [0.1, 0.15) is 179 Å². The molecule has 3 nitrogen and oxygen atoms in total. The molecule has 434 valence electrons. The molecule has 0 N–H and O–H groups in total. The predicted octanol–water partition coefficient (Wildman–Crippen LogP) is 23.9. The highest BCUT2D eigenvalue weighted by Gasteiger charge is 2.23. The van der Waals surface area contributed by atoms with Gasteiger partial charge in [0.25, 0.3) is 0 Å². The van der Waals surface area contributed by atoms with E-state index in [0.717, 1.165) is 60.0 Å². The second-order valence-electron chi connectivity index (χ2n) is 23.6. The minimum atomic E-state index is 0.273. The average Bonchev–Trinajstić information content (AvgIpc) is 3.96. The summed E-state index contributed by atoms with van der Waals surface area (Å²) in [6.45, 7) is 24.9. The summed E-state index contributed by atoms with van der Waals surface area (Å²) < 4.78 is 2.54. The molecule has 2 atom stereocenters. The van der Waals surface area contributed by atoms with Crippen LogP contribution in [-0.2, 0) is 25.8 Å². The largest absolute Gasteiger partial charge is 0.340 e. The van der Waals surface area contributed by atoms with Crippen LogP contribution in [0.5, 0.6) is 0 Å². The minimum Gasteiger partial charge on any atom is -0.340 e. The molecule has 8 rings (SSSR count). The highest BCUT2D eigenvalue weighted by atomic mass is 15.2. The van der Waals surface area contributed by atoms with Crippen molar-refractivity contribution in [2.45, 2.75) is 177 Å². The predicted molar refractivity (Wildman–Crippen MR) is 366 cm³/mol. The molecule has 0 spiro atoms. The number of aromatic nitrogens is 1. The van der Waals surface area contributed by atoms with Crippen LogP contribution in [-0.4, -0.2) is 4.57 Å². The van der Waals surface area contributed by atoms with Crippen LogP contribution in [0.4, 0.5) is 22.7 Å². The molecular formula is C80H99N3. The lowest BCUT2D eigenvalue weighted by molar-refractivity contribution is 0.323. The van der Waals surface area contributed by atoms with Crippen LogP contribution in [0.3, 0.4) is 0 Å². The standard InChI is InChI=1S/C78H93N3.C2H6/c1-9-29-68(13-5)80(69(30-10-2)31-11-3)72-55-57-73(58-56-72)81(70-35-20-18-21-36-70)71-53-45-63(46-54-71)34-23-22-33-62-43-49-66(50-44-62)67(60-78(6,7)8)52-51-64(12-4)65-47-41-61(42-48-65)32-19-16-14-15-17-28-59-79-76-39-26-24-37-74(76)75-38-25-27-40-77(75)79;1-2/h9-11,13,18,20-21,24-27,29-31,35-50,53-58,64,67H,2,12,14-17,19,22-23,28,32-34,51-52,59-60H2,1,3-8H3;1-2H3/b29-9-,31-11-,68-13+,69-30+;. The number of hydrogen-bond donors (Lipinski definition) is 0. The lowest BCUT2D eigenvalue weighted by atomic mass is 9.77. The van der Waals surface area contributed by atoms with Crippen molar-refractivity contribution < 1.29 is 0 Å². The number of rotatable bonds is 30. The molecule has 0 saturated carbocycles. The van der Waals surface area contributed by atoms with Gasteiger partial charge in [-0.3, -0.25) is 0 Å². The number of benzene rings is 7. The smallest absolute Gasteiger partial charge is 0.0491 e. The van der Waals surface area contributed by atoms with Crippen molar-refractivity contribution in [3.63, 3.8) is 0 Å². The lowest BCUT2D eigenvalue weighted by Crippen LogP contribution is -2.20. The Morgan fingerprint density at radius 2 is 0.904 bits per heavy atom. The van der Waals surface area contributed by atoms with Gasteiger partial charge in [0, 0.05) is 62.5 Å². The van der Waals surface area contributed by atoms with Crippen molar-refractivity contribution in [2.75, 3.05) is 9.80 Å². The van der Waals surface area contributed by atoms with E-state index in [1.54, 1.807) is 0 Å². The maximum atomic E-state index is 4.00. The summed E-state index contributed by atoms with van der Waals surface area (Å²) in [5.74, 6) is 1.16. The Morgan fingerprint density at radius 1 is 0.482 bits per heavy atom. The molecule has 0 fully saturated rings. The third-order valence-corrected chi connectivity index (χ3v) is 16.4. The fourth-order valence-electron chi connectivity index (χ4n) is 12.3. The van der Waals surface area contributed by atoms with Crippen molar-refractivity contribution >= 4 is 44.6 Å². The maximum Gasteiger partial charge on any atom is 0.0491 e. The number of allylic oxidation sites excluding steroid dienone is 7. The minimum absolute atomic E-state index is 0.273. The van der Waals surface area contributed by atoms with Gasteiger partial charge < -0.3 is 14.4 Å². The molecule has 0 aliphatic heterocycles. The molecule has 7 aromatic carbocycles. The van der Waals surface area contributed by atoms with Crippen molar-refractivity contribution in [2.24, 2.45) is 5.41 Å². The van der Waals surface area contributed by atoms with Crippen molar-refractivity contribution in [1.29, 1.82) is 0 Å². The summed E-state index contributed by atoms with van der Waals surface area (Å²) in [5, 5.41) is 2.76. The summed E-state index contributed by atoms with van der Waals surface area (Å²) in [7, 11) is 0. The SMILES string of the molecule is C=C/C=C(\C=C/C)N(C(/C=C\C)=C/C)c1ccc(N(c2ccccc2)c2ccc(CCCCc3ccc(C(CCC(CC)c4ccc(CCCCCCCCn5c6ccccc6c6ccccc65)cc4)CC(C)(C)C)cc3)cc2)cc1.CC. The number of anilines is 4. The highest BCUT2D eigenvalue weighted by molar-refractivity contribution is 6.08. The molecule has 2 unspecified atom stereocenters. The Bertz CT molecular complexity index is 3230. The number of unbranched alkanes of at least 4 members (excludes halogenated alkanes) is 6. The van der Waals surface area contributed by atoms with Gasteiger partial charge in [0.1, 0.15) is 0 Å². The molecule has 0 bridgehead atoms. The molecule has 0 aliphatic carbocycles. The number of nitrogens with zero attached hydrogens (tertiary/aromatic N) is 3. The number of hydrogen-bond acceptors (Lipinski definition) is 2. The normalized spacial score (nSPS) is 12.9. The van der Waals surface area contributed by atoms with E-state index >= 15 is 0 Å². The van der Waals surface area contributed by atoms with Gasteiger partial charge >= 0.3 is 0 Å². The molecule has 8 aromatic rings. The maximum absolute atomic E-state index is 4.00. The molecule has 3 heteroatoms. The summed E-state index contributed by atoms with van der Waals surface area (Å²) in [5.41, 5.74) is 17.0. The van der Waals surface area contributed by atoms with Gasteiger partial charge in [-0.1, -0.05) is 213 Å². The number of aryl methyl sites for hydroxylation is 4. The Morgan fingerprint density at radius 3 is 1.41 bits per heavy atom. The molecular weight excluding hydrogens is 1000 g/mol. The van der Waals surface area contributed by atoms with E-state index in [9.17, 15) is 0 Å². The Kier molecular flexibility index (Phi) is 25.2. The van der Waals surface area contributed by atoms with Crippen LogP contribution < -0.4 is 9.80 Å². The third-order valence-electron chi connectivity index (χ3n) is 16.4. The second-order valence-corrected chi connectivity index (χ2v) is 23.6. The first-order valence-electron chi connectivity index (χ1n) is 31.8. The molecule has 0 saturated heterocycles. The fourth-order valence-corrected chi connectivity index (χ4v) is 12.3. The van der Waals surface area contributed by atoms with E-state index in [4.69, 9.17) is 0 Å². The lowest BCUT2D eigenvalue weighted by Gasteiger charge is -2.29. The molecule has 1 heterocycles. The van der Waals surface area contributed by atoms with Gasteiger partial charge in [0.05, 0.1) is 0 Å². The zero-order valence-corrected chi connectivity index (χ0v) is 52.3. The van der Waals surface area contributed by atoms with Gasteiger partial charge in [0.15, 0.2) is 0 Å².